The molecule has 0 aromatic carbocycles. The van der Waals surface area contributed by atoms with Crippen molar-refractivity contribution < 1.29 is 9.90 Å². The molecule has 4 heteroatoms. The van der Waals surface area contributed by atoms with Gasteiger partial charge < -0.3 is 15.7 Å². The third-order valence-electron chi connectivity index (χ3n) is 2.88. The molecule has 88 valence electrons. The van der Waals surface area contributed by atoms with E-state index in [1.54, 1.807) is 0 Å². The van der Waals surface area contributed by atoms with Gasteiger partial charge in [0.2, 0.25) is 5.91 Å². The Bertz CT molecular complexity index is 207. The molecule has 2 atom stereocenters. The first-order chi connectivity index (χ1) is 7.11. The number of nitrogens with one attached hydrogen (secondary N) is 2. The highest BCUT2D eigenvalue weighted by Crippen LogP contribution is 2.06. The zero-order valence-corrected chi connectivity index (χ0v) is 9.62. The topological polar surface area (TPSA) is 61.4 Å². The molecule has 0 aromatic rings. The molecule has 1 aliphatic heterocycles. The summed E-state index contributed by atoms with van der Waals surface area (Å²) in [5.74, 6) is 0.301. The van der Waals surface area contributed by atoms with Crippen LogP contribution in [0.2, 0.25) is 0 Å². The molecule has 2 unspecified atom stereocenters. The molecule has 3 N–H and O–H groups in total. The SMILES string of the molecule is CC(C)C(O)CNC1CCCCNC1=O. The van der Waals surface area contributed by atoms with Gasteiger partial charge >= 0.3 is 0 Å². The van der Waals surface area contributed by atoms with Gasteiger partial charge in [-0.3, -0.25) is 4.79 Å². The summed E-state index contributed by atoms with van der Waals surface area (Å²) in [6, 6.07) is -0.124. The smallest absolute Gasteiger partial charge is 0.237 e. The largest absolute Gasteiger partial charge is 0.392 e. The summed E-state index contributed by atoms with van der Waals surface area (Å²) in [5.41, 5.74) is 0. The molecule has 0 aliphatic carbocycles. The van der Waals surface area contributed by atoms with E-state index < -0.39 is 0 Å². The highest BCUT2D eigenvalue weighted by molar-refractivity contribution is 5.81. The number of aliphatic hydroxyl groups excluding tert-OH is 1. The van der Waals surface area contributed by atoms with Gasteiger partial charge in [-0.1, -0.05) is 13.8 Å². The third-order valence-corrected chi connectivity index (χ3v) is 2.88. The van der Waals surface area contributed by atoms with Crippen molar-refractivity contribution >= 4 is 5.91 Å². The highest BCUT2D eigenvalue weighted by Gasteiger charge is 2.21. The van der Waals surface area contributed by atoms with Gasteiger partial charge in [-0.25, -0.2) is 0 Å². The molecular formula is C11H22N2O2. The highest BCUT2D eigenvalue weighted by atomic mass is 16.3. The van der Waals surface area contributed by atoms with Gasteiger partial charge in [0, 0.05) is 13.1 Å². The molecule has 4 nitrogen and oxygen atoms in total. The van der Waals surface area contributed by atoms with Gasteiger partial charge in [-0.2, -0.15) is 0 Å². The fourth-order valence-corrected chi connectivity index (χ4v) is 1.63. The molecule has 1 saturated heterocycles. The summed E-state index contributed by atoms with van der Waals surface area (Å²) in [4.78, 5) is 11.5. The van der Waals surface area contributed by atoms with Gasteiger partial charge in [0.05, 0.1) is 12.1 Å². The van der Waals surface area contributed by atoms with E-state index in [9.17, 15) is 9.90 Å². The Hall–Kier alpha value is -0.610. The molecule has 0 radical (unpaired) electrons. The van der Waals surface area contributed by atoms with Crippen LogP contribution in [-0.4, -0.2) is 36.2 Å². The number of carbonyl (C=O) groups excluding carboxylic acids is 1. The van der Waals surface area contributed by atoms with E-state index in [1.165, 1.54) is 0 Å². The van der Waals surface area contributed by atoms with E-state index in [0.717, 1.165) is 25.8 Å². The van der Waals surface area contributed by atoms with Crippen LogP contribution < -0.4 is 10.6 Å². The molecule has 0 aromatic heterocycles. The lowest BCUT2D eigenvalue weighted by molar-refractivity contribution is -0.123. The second-order valence-electron chi connectivity index (χ2n) is 4.56. The number of aliphatic hydroxyl groups is 1. The molecule has 0 bridgehead atoms. The molecule has 0 saturated carbocycles. The van der Waals surface area contributed by atoms with Crippen LogP contribution in [0.15, 0.2) is 0 Å². The summed E-state index contributed by atoms with van der Waals surface area (Å²) < 4.78 is 0. The summed E-state index contributed by atoms with van der Waals surface area (Å²) in [6.07, 6.45) is 2.61. The molecule has 1 aliphatic rings. The Kier molecular flexibility index (Phi) is 5.05. The normalized spacial score (nSPS) is 24.8. The number of amides is 1. The monoisotopic (exact) mass is 214 g/mol. The van der Waals surface area contributed by atoms with Crippen molar-refractivity contribution in [2.45, 2.75) is 45.3 Å². The van der Waals surface area contributed by atoms with Crippen LogP contribution in [0.3, 0.4) is 0 Å². The molecule has 1 amide bonds. The van der Waals surface area contributed by atoms with Gasteiger partial charge in [-0.15, -0.1) is 0 Å². The van der Waals surface area contributed by atoms with Crippen LogP contribution in [0.4, 0.5) is 0 Å². The van der Waals surface area contributed by atoms with Crippen molar-refractivity contribution in [2.24, 2.45) is 5.92 Å². The van der Waals surface area contributed by atoms with E-state index in [-0.39, 0.29) is 24.0 Å². The Morgan fingerprint density at radius 1 is 1.53 bits per heavy atom. The molecule has 1 heterocycles. The predicted molar refractivity (Wildman–Crippen MR) is 59.5 cm³/mol. The average Bonchev–Trinajstić information content (AvgIpc) is 2.39. The second kappa shape index (κ2) is 6.08. The fourth-order valence-electron chi connectivity index (χ4n) is 1.63. The van der Waals surface area contributed by atoms with Crippen molar-refractivity contribution in [2.75, 3.05) is 13.1 Å². The average molecular weight is 214 g/mol. The van der Waals surface area contributed by atoms with Gasteiger partial charge in [0.15, 0.2) is 0 Å². The van der Waals surface area contributed by atoms with Crippen LogP contribution in [0.5, 0.6) is 0 Å². The number of rotatable bonds is 4. The Balaban J connectivity index is 2.32. The number of carbonyl (C=O) groups is 1. The minimum Gasteiger partial charge on any atom is -0.392 e. The minimum atomic E-state index is -0.374. The molecule has 0 spiro atoms. The molecule has 1 fully saturated rings. The first-order valence-electron chi connectivity index (χ1n) is 5.80. The molecular weight excluding hydrogens is 192 g/mol. The van der Waals surface area contributed by atoms with Crippen molar-refractivity contribution in [3.63, 3.8) is 0 Å². The lowest BCUT2D eigenvalue weighted by Gasteiger charge is -2.20. The summed E-state index contributed by atoms with van der Waals surface area (Å²) in [6.45, 7) is 5.22. The van der Waals surface area contributed by atoms with Crippen molar-refractivity contribution in [1.29, 1.82) is 0 Å². The maximum atomic E-state index is 11.5. The van der Waals surface area contributed by atoms with E-state index in [1.807, 2.05) is 13.8 Å². The van der Waals surface area contributed by atoms with E-state index in [2.05, 4.69) is 10.6 Å². The van der Waals surface area contributed by atoms with Crippen LogP contribution in [0.1, 0.15) is 33.1 Å². The third kappa shape index (κ3) is 4.18. The maximum absolute atomic E-state index is 11.5. The standard InChI is InChI=1S/C11H22N2O2/c1-8(2)10(14)7-13-9-5-3-4-6-12-11(9)15/h8-10,13-14H,3-7H2,1-2H3,(H,12,15). The first-order valence-corrected chi connectivity index (χ1v) is 5.80. The second-order valence-corrected chi connectivity index (χ2v) is 4.56. The minimum absolute atomic E-state index is 0.0726. The summed E-state index contributed by atoms with van der Waals surface area (Å²) in [7, 11) is 0. The van der Waals surface area contributed by atoms with Crippen LogP contribution >= 0.6 is 0 Å². The summed E-state index contributed by atoms with van der Waals surface area (Å²) >= 11 is 0. The van der Waals surface area contributed by atoms with Crippen molar-refractivity contribution in [3.8, 4) is 0 Å². The Morgan fingerprint density at radius 3 is 2.93 bits per heavy atom. The Labute approximate surface area is 91.4 Å². The van der Waals surface area contributed by atoms with Crippen LogP contribution in [0, 0.1) is 5.92 Å². The zero-order chi connectivity index (χ0) is 11.3. The first kappa shape index (κ1) is 12.5. The summed E-state index contributed by atoms with van der Waals surface area (Å²) in [5, 5.41) is 15.6. The van der Waals surface area contributed by atoms with Crippen molar-refractivity contribution in [1.82, 2.24) is 10.6 Å². The zero-order valence-electron chi connectivity index (χ0n) is 9.62. The van der Waals surface area contributed by atoms with Crippen molar-refractivity contribution in [3.05, 3.63) is 0 Å². The van der Waals surface area contributed by atoms with E-state index in [0.29, 0.717) is 6.54 Å². The predicted octanol–water partition coefficient (Wildman–Crippen LogP) is 0.262. The van der Waals surface area contributed by atoms with Gasteiger partial charge in [0.25, 0.3) is 0 Å². The lowest BCUT2D eigenvalue weighted by Crippen LogP contribution is -2.46. The van der Waals surface area contributed by atoms with Crippen LogP contribution in [0.25, 0.3) is 0 Å². The van der Waals surface area contributed by atoms with Gasteiger partial charge in [0.1, 0.15) is 0 Å². The quantitative estimate of drug-likeness (QED) is 0.629. The Morgan fingerprint density at radius 2 is 2.27 bits per heavy atom. The van der Waals surface area contributed by atoms with E-state index in [4.69, 9.17) is 0 Å². The number of hydrogen-bond acceptors (Lipinski definition) is 3. The maximum Gasteiger partial charge on any atom is 0.237 e. The molecule has 15 heavy (non-hydrogen) atoms. The molecule has 1 rings (SSSR count). The van der Waals surface area contributed by atoms with Crippen LogP contribution in [-0.2, 0) is 4.79 Å². The van der Waals surface area contributed by atoms with Gasteiger partial charge in [-0.05, 0) is 25.2 Å². The number of hydrogen-bond donors (Lipinski definition) is 3. The van der Waals surface area contributed by atoms with E-state index >= 15 is 0 Å². The lowest BCUT2D eigenvalue weighted by atomic mass is 10.1. The fraction of sp³-hybridized carbons (Fsp3) is 0.909.